The van der Waals surface area contributed by atoms with Crippen molar-refractivity contribution in [3.05, 3.63) is 24.0 Å². The first-order valence-corrected chi connectivity index (χ1v) is 11.3. The first kappa shape index (κ1) is 25.1. The third-order valence-electron chi connectivity index (χ3n) is 6.76. The topological polar surface area (TPSA) is 86.1 Å². The third kappa shape index (κ3) is 5.87. The number of aromatic nitrogens is 1. The number of rotatable bonds is 4. The summed E-state index contributed by atoms with van der Waals surface area (Å²) in [5, 5.41) is 7.12. The lowest BCUT2D eigenvalue weighted by atomic mass is 9.78. The van der Waals surface area contributed by atoms with E-state index >= 15 is 0 Å². The fourth-order valence-electron chi connectivity index (χ4n) is 4.90. The van der Waals surface area contributed by atoms with Crippen LogP contribution in [0.5, 0.6) is 0 Å². The zero-order valence-electron chi connectivity index (χ0n) is 18.8. The molecule has 0 bridgehead atoms. The molecule has 2 amide bonds. The molecular formula is C22H31F3N4O4. The molecule has 1 spiro atoms. The maximum absolute atomic E-state index is 13.2. The quantitative estimate of drug-likeness (QED) is 0.726. The minimum Gasteiger partial charge on any atom is -0.475 e. The lowest BCUT2D eigenvalue weighted by molar-refractivity contribution is -0.192. The highest BCUT2D eigenvalue weighted by molar-refractivity contribution is 5.94. The van der Waals surface area contributed by atoms with Crippen LogP contribution in [0.15, 0.2) is 18.3 Å². The van der Waals surface area contributed by atoms with E-state index in [0.717, 1.165) is 45.4 Å². The zero-order chi connectivity index (χ0) is 24.2. The van der Waals surface area contributed by atoms with Gasteiger partial charge in [0.1, 0.15) is 5.69 Å². The Balaban J connectivity index is 0.000000383. The van der Waals surface area contributed by atoms with E-state index in [0.29, 0.717) is 12.2 Å². The summed E-state index contributed by atoms with van der Waals surface area (Å²) in [5.41, 5.74) is 0.364. The van der Waals surface area contributed by atoms with Crippen LogP contribution < -0.4 is 0 Å². The van der Waals surface area contributed by atoms with Crippen molar-refractivity contribution in [1.29, 1.82) is 0 Å². The number of carboxylic acids is 1. The molecule has 4 rings (SSSR count). The highest BCUT2D eigenvalue weighted by atomic mass is 19.4. The largest absolute Gasteiger partial charge is 0.490 e. The van der Waals surface area contributed by atoms with Crippen molar-refractivity contribution in [2.24, 2.45) is 12.5 Å². The van der Waals surface area contributed by atoms with Crippen molar-refractivity contribution < 1.29 is 32.7 Å². The first-order valence-electron chi connectivity index (χ1n) is 11.3. The molecule has 0 radical (unpaired) electrons. The lowest BCUT2D eigenvalue weighted by Gasteiger charge is -2.39. The van der Waals surface area contributed by atoms with Gasteiger partial charge in [-0.15, -0.1) is 0 Å². The molecule has 33 heavy (non-hydrogen) atoms. The number of hydrogen-bond acceptors (Lipinski definition) is 4. The number of hydrogen-bond donors (Lipinski definition) is 1. The smallest absolute Gasteiger partial charge is 0.475 e. The number of aryl methyl sites for hydroxylation is 1. The number of likely N-dealkylation sites (tertiary alicyclic amines) is 3. The number of halogens is 3. The van der Waals surface area contributed by atoms with Gasteiger partial charge in [0.05, 0.1) is 5.41 Å². The number of alkyl halides is 3. The van der Waals surface area contributed by atoms with Gasteiger partial charge in [0.15, 0.2) is 0 Å². The Morgan fingerprint density at radius 3 is 2.30 bits per heavy atom. The molecule has 1 unspecified atom stereocenters. The second kappa shape index (κ2) is 10.1. The summed E-state index contributed by atoms with van der Waals surface area (Å²) >= 11 is 0. The maximum atomic E-state index is 13.2. The van der Waals surface area contributed by atoms with Crippen LogP contribution in [-0.2, 0) is 16.6 Å². The maximum Gasteiger partial charge on any atom is 0.490 e. The van der Waals surface area contributed by atoms with Gasteiger partial charge in [-0.05, 0) is 57.3 Å². The Labute approximate surface area is 190 Å². The van der Waals surface area contributed by atoms with E-state index in [1.165, 1.54) is 25.9 Å². The van der Waals surface area contributed by atoms with Crippen LogP contribution in [0.25, 0.3) is 0 Å². The SMILES string of the molecule is Cn1cccc1C(=O)N1CCCC2(CCN(CCN3CCCC3)C2=O)C1.O=C(O)C(F)(F)F. The molecule has 184 valence electrons. The summed E-state index contributed by atoms with van der Waals surface area (Å²) in [7, 11) is 1.90. The number of nitrogens with zero attached hydrogens (tertiary/aromatic N) is 4. The van der Waals surface area contributed by atoms with Crippen LogP contribution in [0.3, 0.4) is 0 Å². The van der Waals surface area contributed by atoms with E-state index in [1.807, 2.05) is 34.8 Å². The van der Waals surface area contributed by atoms with E-state index in [1.54, 1.807) is 0 Å². The van der Waals surface area contributed by atoms with Gasteiger partial charge in [0, 0.05) is 46.0 Å². The number of aliphatic carboxylic acids is 1. The predicted molar refractivity (Wildman–Crippen MR) is 114 cm³/mol. The fraction of sp³-hybridized carbons (Fsp3) is 0.682. The summed E-state index contributed by atoms with van der Waals surface area (Å²) in [6, 6.07) is 3.76. The van der Waals surface area contributed by atoms with Gasteiger partial charge in [-0.1, -0.05) is 0 Å². The molecule has 1 aromatic heterocycles. The van der Waals surface area contributed by atoms with E-state index in [-0.39, 0.29) is 17.2 Å². The van der Waals surface area contributed by atoms with Crippen LogP contribution in [-0.4, -0.2) is 94.1 Å². The second-order valence-corrected chi connectivity index (χ2v) is 9.01. The Bertz CT molecular complexity index is 866. The third-order valence-corrected chi connectivity index (χ3v) is 6.76. The predicted octanol–water partition coefficient (Wildman–Crippen LogP) is 2.21. The van der Waals surface area contributed by atoms with Gasteiger partial charge in [0.2, 0.25) is 5.91 Å². The van der Waals surface area contributed by atoms with E-state index in [4.69, 9.17) is 9.90 Å². The molecule has 11 heteroatoms. The number of carboxylic acid groups (broad SMARTS) is 1. The molecule has 3 aliphatic rings. The number of amides is 2. The van der Waals surface area contributed by atoms with Gasteiger partial charge in [-0.3, -0.25) is 9.59 Å². The van der Waals surface area contributed by atoms with Gasteiger partial charge in [-0.2, -0.15) is 13.2 Å². The van der Waals surface area contributed by atoms with Crippen LogP contribution in [0.1, 0.15) is 42.6 Å². The van der Waals surface area contributed by atoms with Crippen molar-refractivity contribution in [1.82, 2.24) is 19.3 Å². The first-order chi connectivity index (χ1) is 15.5. The molecule has 1 N–H and O–H groups in total. The summed E-state index contributed by atoms with van der Waals surface area (Å²) in [5.74, 6) is -2.42. The highest BCUT2D eigenvalue weighted by Gasteiger charge is 2.49. The van der Waals surface area contributed by atoms with Crippen LogP contribution in [0.2, 0.25) is 0 Å². The standard InChI is InChI=1S/C20H30N4O2.C2HF3O2/c1-21-9-4-6-17(21)18(25)24-12-5-7-20(16-24)8-13-23(19(20)26)15-14-22-10-2-3-11-22;3-2(4,5)1(6)7/h4,6,9H,2-3,5,7-8,10-16H2,1H3;(H,6,7). The molecule has 4 heterocycles. The molecule has 3 fully saturated rings. The van der Waals surface area contributed by atoms with E-state index in [9.17, 15) is 22.8 Å². The number of piperidine rings is 1. The molecule has 0 saturated carbocycles. The fourth-order valence-corrected chi connectivity index (χ4v) is 4.90. The zero-order valence-corrected chi connectivity index (χ0v) is 18.8. The van der Waals surface area contributed by atoms with Crippen LogP contribution in [0.4, 0.5) is 13.2 Å². The molecule has 1 atom stereocenters. The van der Waals surface area contributed by atoms with Gasteiger partial charge < -0.3 is 24.4 Å². The number of carbonyl (C=O) groups excluding carboxylic acids is 2. The van der Waals surface area contributed by atoms with E-state index in [2.05, 4.69) is 9.80 Å². The molecule has 1 aromatic rings. The average molecular weight is 473 g/mol. The normalized spacial score (nSPS) is 23.7. The summed E-state index contributed by atoms with van der Waals surface area (Å²) in [6.45, 7) is 6.36. The molecule has 3 aliphatic heterocycles. The monoisotopic (exact) mass is 472 g/mol. The molecule has 0 aliphatic carbocycles. The molecule has 0 aromatic carbocycles. The lowest BCUT2D eigenvalue weighted by Crippen LogP contribution is -2.50. The van der Waals surface area contributed by atoms with Gasteiger partial charge in [0.25, 0.3) is 5.91 Å². The summed E-state index contributed by atoms with van der Waals surface area (Å²) in [6.07, 6.45) is 2.11. The van der Waals surface area contributed by atoms with Gasteiger partial charge in [-0.25, -0.2) is 4.79 Å². The average Bonchev–Trinajstić information content (AvgIpc) is 3.49. The highest BCUT2D eigenvalue weighted by Crippen LogP contribution is 2.40. The summed E-state index contributed by atoms with van der Waals surface area (Å²) in [4.78, 5) is 41.4. The number of carbonyl (C=O) groups is 3. The van der Waals surface area contributed by atoms with Crippen molar-refractivity contribution in [2.75, 3.05) is 45.8 Å². The van der Waals surface area contributed by atoms with Crippen LogP contribution >= 0.6 is 0 Å². The minimum atomic E-state index is -5.08. The summed E-state index contributed by atoms with van der Waals surface area (Å²) < 4.78 is 33.6. The molecule has 3 saturated heterocycles. The van der Waals surface area contributed by atoms with Crippen molar-refractivity contribution in [3.8, 4) is 0 Å². The Hall–Kier alpha value is -2.56. The van der Waals surface area contributed by atoms with E-state index < -0.39 is 12.1 Å². The van der Waals surface area contributed by atoms with Gasteiger partial charge >= 0.3 is 12.1 Å². The Kier molecular flexibility index (Phi) is 7.71. The second-order valence-electron chi connectivity index (χ2n) is 9.01. The van der Waals surface area contributed by atoms with Crippen molar-refractivity contribution in [2.45, 2.75) is 38.3 Å². The Morgan fingerprint density at radius 2 is 1.73 bits per heavy atom. The van der Waals surface area contributed by atoms with Crippen molar-refractivity contribution in [3.63, 3.8) is 0 Å². The minimum absolute atomic E-state index is 0.0555. The van der Waals surface area contributed by atoms with Crippen LogP contribution in [0, 0.1) is 5.41 Å². The Morgan fingerprint density at radius 1 is 1.06 bits per heavy atom. The molecular weight excluding hydrogens is 441 g/mol. The molecule has 8 nitrogen and oxygen atoms in total. The van der Waals surface area contributed by atoms with Crippen molar-refractivity contribution >= 4 is 17.8 Å².